The van der Waals surface area contributed by atoms with E-state index in [1.807, 2.05) is 0 Å². The second-order valence-electron chi connectivity index (χ2n) is 9.34. The highest BCUT2D eigenvalue weighted by Crippen LogP contribution is 2.34. The molecule has 41 heavy (non-hydrogen) atoms. The molecular weight excluding hydrogens is 532 g/mol. The maximum atomic E-state index is 15.2. The predicted octanol–water partition coefficient (Wildman–Crippen LogP) is 6.12. The number of hydrogen-bond acceptors (Lipinski definition) is 7. The lowest BCUT2D eigenvalue weighted by molar-refractivity contribution is 0.0991. The van der Waals surface area contributed by atoms with Gasteiger partial charge in [-0.1, -0.05) is 12.1 Å². The van der Waals surface area contributed by atoms with Gasteiger partial charge in [0, 0.05) is 42.2 Å². The number of halogens is 2. The number of aromatic nitrogens is 3. The summed E-state index contributed by atoms with van der Waals surface area (Å²) >= 11 is 0. The first-order valence-corrected chi connectivity index (χ1v) is 12.6. The minimum Gasteiger partial charge on any atom is -0.491 e. The zero-order valence-electron chi connectivity index (χ0n) is 22.7. The van der Waals surface area contributed by atoms with Crippen molar-refractivity contribution in [1.82, 2.24) is 15.0 Å². The minimum atomic E-state index is -0.707. The molecule has 0 radical (unpaired) electrons. The molecule has 8 nitrogen and oxygen atoms in total. The first kappa shape index (κ1) is 27.4. The molecular formula is C31H25F2N3O5. The largest absolute Gasteiger partial charge is 0.491 e. The van der Waals surface area contributed by atoms with Crippen LogP contribution >= 0.6 is 0 Å². The van der Waals surface area contributed by atoms with Crippen LogP contribution < -0.4 is 19.6 Å². The van der Waals surface area contributed by atoms with Crippen molar-refractivity contribution in [2.75, 3.05) is 14.2 Å². The van der Waals surface area contributed by atoms with E-state index in [0.29, 0.717) is 39.2 Å². The summed E-state index contributed by atoms with van der Waals surface area (Å²) in [5.41, 5.74) is 2.12. The first-order chi connectivity index (χ1) is 19.7. The number of nitrogens with one attached hydrogen (secondary N) is 1. The maximum absolute atomic E-state index is 15.2. The summed E-state index contributed by atoms with van der Waals surface area (Å²) in [5, 5.41) is 0. The lowest BCUT2D eigenvalue weighted by Crippen LogP contribution is -2.21. The molecule has 3 heterocycles. The molecule has 0 aliphatic carbocycles. The molecule has 5 aromatic rings. The second kappa shape index (κ2) is 11.2. The Morgan fingerprint density at radius 2 is 1.73 bits per heavy atom. The van der Waals surface area contributed by atoms with Crippen molar-refractivity contribution in [2.45, 2.75) is 20.3 Å². The lowest BCUT2D eigenvalue weighted by atomic mass is 9.97. The molecule has 1 N–H and O–H groups in total. The number of fused-ring (bicyclic) bond motifs is 1. The van der Waals surface area contributed by atoms with E-state index in [0.717, 1.165) is 0 Å². The highest BCUT2D eigenvalue weighted by Gasteiger charge is 2.20. The van der Waals surface area contributed by atoms with E-state index < -0.39 is 22.8 Å². The summed E-state index contributed by atoms with van der Waals surface area (Å²) in [6.07, 6.45) is 2.78. The van der Waals surface area contributed by atoms with E-state index in [1.54, 1.807) is 38.1 Å². The van der Waals surface area contributed by atoms with Crippen LogP contribution in [-0.2, 0) is 6.42 Å². The van der Waals surface area contributed by atoms with Crippen molar-refractivity contribution in [1.29, 1.82) is 0 Å². The van der Waals surface area contributed by atoms with Crippen molar-refractivity contribution in [3.05, 3.63) is 105 Å². The number of benzene rings is 2. The van der Waals surface area contributed by atoms with Gasteiger partial charge in [0.05, 0.1) is 25.3 Å². The normalized spacial score (nSPS) is 11.0. The number of H-pyrrole nitrogens is 1. The van der Waals surface area contributed by atoms with Crippen LogP contribution in [0.3, 0.4) is 0 Å². The summed E-state index contributed by atoms with van der Waals surface area (Å²) in [4.78, 5) is 38.1. The molecule has 0 aliphatic rings. The molecule has 0 saturated carbocycles. The fraction of sp³-hybridized carbons (Fsp3) is 0.161. The van der Waals surface area contributed by atoms with Gasteiger partial charge in [-0.25, -0.2) is 13.8 Å². The fourth-order valence-electron chi connectivity index (χ4n) is 4.50. The second-order valence-corrected chi connectivity index (χ2v) is 9.34. The smallest absolute Gasteiger partial charge is 0.257 e. The quantitative estimate of drug-likeness (QED) is 0.230. The Kier molecular flexibility index (Phi) is 7.47. The Morgan fingerprint density at radius 1 is 0.927 bits per heavy atom. The average Bonchev–Trinajstić information content (AvgIpc) is 2.95. The van der Waals surface area contributed by atoms with Crippen molar-refractivity contribution in [3.8, 4) is 34.3 Å². The first-order valence-electron chi connectivity index (χ1n) is 12.6. The number of ketones is 1. The molecule has 0 bridgehead atoms. The molecule has 5 rings (SSSR count). The number of ether oxygens (including phenoxy) is 3. The van der Waals surface area contributed by atoms with Crippen LogP contribution in [0.1, 0.15) is 27.2 Å². The molecule has 3 aromatic heterocycles. The van der Waals surface area contributed by atoms with Gasteiger partial charge in [-0.05, 0) is 54.8 Å². The van der Waals surface area contributed by atoms with Gasteiger partial charge in [0.25, 0.3) is 5.88 Å². The average molecular weight is 558 g/mol. The fourth-order valence-corrected chi connectivity index (χ4v) is 4.50. The zero-order chi connectivity index (χ0) is 29.3. The molecule has 0 amide bonds. The van der Waals surface area contributed by atoms with Crippen LogP contribution in [0.2, 0.25) is 0 Å². The lowest BCUT2D eigenvalue weighted by Gasteiger charge is -2.12. The monoisotopic (exact) mass is 557 g/mol. The van der Waals surface area contributed by atoms with Crippen molar-refractivity contribution < 1.29 is 27.8 Å². The molecule has 0 atom stereocenters. The number of pyridine rings is 3. The number of nitrogens with zero attached hydrogens (tertiary/aromatic N) is 2. The molecule has 0 aliphatic heterocycles. The molecule has 208 valence electrons. The number of carbonyl (C=O) groups is 1. The van der Waals surface area contributed by atoms with Gasteiger partial charge in [0.15, 0.2) is 34.3 Å². The van der Waals surface area contributed by atoms with Crippen LogP contribution in [0, 0.1) is 25.5 Å². The summed E-state index contributed by atoms with van der Waals surface area (Å²) in [7, 11) is 2.93. The minimum absolute atomic E-state index is 0.0380. The highest BCUT2D eigenvalue weighted by atomic mass is 19.1. The predicted molar refractivity (Wildman–Crippen MR) is 149 cm³/mol. The van der Waals surface area contributed by atoms with E-state index >= 15 is 4.39 Å². The Balaban J connectivity index is 1.41. The van der Waals surface area contributed by atoms with Gasteiger partial charge in [-0.15, -0.1) is 0 Å². The van der Waals surface area contributed by atoms with E-state index in [9.17, 15) is 14.0 Å². The topological polar surface area (TPSA) is 103 Å². The number of carbonyl (C=O) groups excluding carboxylic acids is 1. The van der Waals surface area contributed by atoms with Crippen LogP contribution in [-0.4, -0.2) is 35.0 Å². The summed E-state index contributed by atoms with van der Waals surface area (Å²) < 4.78 is 45.2. The summed E-state index contributed by atoms with van der Waals surface area (Å²) in [6, 6.07) is 11.6. The third kappa shape index (κ3) is 5.36. The van der Waals surface area contributed by atoms with Crippen molar-refractivity contribution in [3.63, 3.8) is 0 Å². The maximum Gasteiger partial charge on any atom is 0.257 e. The number of rotatable bonds is 8. The number of aryl methyl sites for hydroxylation is 2. The molecule has 0 unspecified atom stereocenters. The summed E-state index contributed by atoms with van der Waals surface area (Å²) in [5.74, 6) is -0.823. The van der Waals surface area contributed by atoms with Gasteiger partial charge >= 0.3 is 0 Å². The summed E-state index contributed by atoms with van der Waals surface area (Å²) in [6.45, 7) is 3.21. The van der Waals surface area contributed by atoms with E-state index in [-0.39, 0.29) is 34.9 Å². The SMILES string of the molecule is COc1cc2nccc(Oc3ccc(CC(=O)c4c(C)[nH]cc(-c5ccc(F)c(C)c5)c4=O)cc3F)c2nc1OC. The Morgan fingerprint density at radius 3 is 2.44 bits per heavy atom. The van der Waals surface area contributed by atoms with E-state index in [2.05, 4.69) is 15.0 Å². The van der Waals surface area contributed by atoms with Crippen LogP contribution in [0.25, 0.3) is 22.2 Å². The van der Waals surface area contributed by atoms with Crippen LogP contribution in [0.15, 0.2) is 65.7 Å². The van der Waals surface area contributed by atoms with Gasteiger partial charge in [-0.3, -0.25) is 14.6 Å². The number of Topliss-reactive ketones (excluding diaryl/α,β-unsaturated/α-hetero) is 1. The van der Waals surface area contributed by atoms with Gasteiger partial charge < -0.3 is 19.2 Å². The zero-order valence-corrected chi connectivity index (χ0v) is 22.7. The van der Waals surface area contributed by atoms with Crippen molar-refractivity contribution >= 4 is 16.8 Å². The Bertz CT molecular complexity index is 1870. The Hall–Kier alpha value is -5.12. The third-order valence-corrected chi connectivity index (χ3v) is 6.63. The number of hydrogen-bond donors (Lipinski definition) is 1. The van der Waals surface area contributed by atoms with Gasteiger partial charge in [0.2, 0.25) is 0 Å². The van der Waals surface area contributed by atoms with Crippen LogP contribution in [0.4, 0.5) is 8.78 Å². The molecule has 0 fully saturated rings. The Labute approximate surface area is 233 Å². The highest BCUT2D eigenvalue weighted by molar-refractivity contribution is 5.99. The van der Waals surface area contributed by atoms with Crippen LogP contribution in [0.5, 0.6) is 23.1 Å². The molecule has 10 heteroatoms. The number of methoxy groups -OCH3 is 2. The third-order valence-electron chi connectivity index (χ3n) is 6.63. The van der Waals surface area contributed by atoms with Gasteiger partial charge in [0.1, 0.15) is 11.3 Å². The van der Waals surface area contributed by atoms with Crippen molar-refractivity contribution in [2.24, 2.45) is 0 Å². The molecule has 2 aromatic carbocycles. The number of aromatic amines is 1. The van der Waals surface area contributed by atoms with Gasteiger partial charge in [-0.2, -0.15) is 0 Å². The molecule has 0 spiro atoms. The van der Waals surface area contributed by atoms with E-state index in [1.165, 1.54) is 50.9 Å². The van der Waals surface area contributed by atoms with E-state index in [4.69, 9.17) is 14.2 Å². The standard InChI is InChI=1S/C31H25F2N3O5/c1-16-11-19(6-7-21(16)32)20-15-35-17(2)28(30(20)38)24(37)13-18-5-8-25(22(33)12-18)41-26-9-10-34-23-14-27(39-3)31(40-4)36-29(23)26/h5-12,14-15H,13H2,1-4H3,(H,35,38). The molecule has 0 saturated heterocycles.